The molecule has 2 aliphatic rings. The summed E-state index contributed by atoms with van der Waals surface area (Å²) in [5, 5.41) is 0. The highest BCUT2D eigenvalue weighted by Crippen LogP contribution is 2.27. The summed E-state index contributed by atoms with van der Waals surface area (Å²) in [4.78, 5) is 16.2. The summed E-state index contributed by atoms with van der Waals surface area (Å²) >= 11 is 0. The highest BCUT2D eigenvalue weighted by molar-refractivity contribution is 6.62. The smallest absolute Gasteiger partial charge is 0.444 e. The molecule has 3 rings (SSSR count). The van der Waals surface area contributed by atoms with Crippen molar-refractivity contribution in [2.75, 3.05) is 31.1 Å². The second-order valence-electron chi connectivity index (χ2n) is 8.88. The van der Waals surface area contributed by atoms with Crippen molar-refractivity contribution in [3.05, 3.63) is 24.3 Å². The van der Waals surface area contributed by atoms with Crippen LogP contribution in [0.1, 0.15) is 41.5 Å². The van der Waals surface area contributed by atoms with Gasteiger partial charge in [-0.2, -0.15) is 0 Å². The zero-order valence-corrected chi connectivity index (χ0v) is 17.3. The van der Waals surface area contributed by atoms with Gasteiger partial charge in [0.05, 0.1) is 11.7 Å². The van der Waals surface area contributed by atoms with Gasteiger partial charge in [0.1, 0.15) is 5.60 Å². The fourth-order valence-corrected chi connectivity index (χ4v) is 3.21. The minimum Gasteiger partial charge on any atom is -0.444 e. The number of anilines is 1. The molecular weight excluding hydrogens is 343 g/mol. The van der Waals surface area contributed by atoms with E-state index in [1.165, 1.54) is 0 Å². The van der Waals surface area contributed by atoms with E-state index in [1.54, 1.807) is 4.90 Å². The lowest BCUT2D eigenvalue weighted by atomic mass is 9.79. The number of carbonyl (C=O) groups excluding carboxylic acids is 1. The Labute approximate surface area is 162 Å². The van der Waals surface area contributed by atoms with Crippen LogP contribution >= 0.6 is 0 Å². The molecule has 2 fully saturated rings. The maximum absolute atomic E-state index is 12.2. The van der Waals surface area contributed by atoms with E-state index in [-0.39, 0.29) is 24.9 Å². The van der Waals surface area contributed by atoms with Gasteiger partial charge in [-0.05, 0) is 59.1 Å². The van der Waals surface area contributed by atoms with Gasteiger partial charge >= 0.3 is 13.2 Å². The molecule has 27 heavy (non-hydrogen) atoms. The number of nitrogens with zero attached hydrogens (tertiary/aromatic N) is 2. The van der Waals surface area contributed by atoms with Crippen molar-refractivity contribution in [3.8, 4) is 0 Å². The van der Waals surface area contributed by atoms with Crippen molar-refractivity contribution in [2.45, 2.75) is 58.8 Å². The SMILES string of the molecule is CC1OB(c2ccc(N3CCN(C(=O)OC(C)(C)C)CC3)cc2)OC1(C)C. The summed E-state index contributed by atoms with van der Waals surface area (Å²) in [6.07, 6.45) is -0.173. The van der Waals surface area contributed by atoms with Crippen LogP contribution in [0.25, 0.3) is 0 Å². The van der Waals surface area contributed by atoms with Gasteiger partial charge in [0.2, 0.25) is 0 Å². The third-order valence-electron chi connectivity index (χ3n) is 5.18. The maximum Gasteiger partial charge on any atom is 0.494 e. The Morgan fingerprint density at radius 3 is 2.22 bits per heavy atom. The second-order valence-corrected chi connectivity index (χ2v) is 8.88. The number of piperazine rings is 1. The minimum atomic E-state index is -0.458. The van der Waals surface area contributed by atoms with E-state index in [4.69, 9.17) is 14.0 Å². The van der Waals surface area contributed by atoms with Crippen LogP contribution in [0.5, 0.6) is 0 Å². The van der Waals surface area contributed by atoms with Crippen LogP contribution in [0, 0.1) is 0 Å². The molecule has 1 aromatic carbocycles. The Morgan fingerprint density at radius 1 is 1.15 bits per heavy atom. The van der Waals surface area contributed by atoms with Crippen LogP contribution in [0.3, 0.4) is 0 Å². The zero-order valence-electron chi connectivity index (χ0n) is 17.3. The standard InChI is InChI=1S/C20H31BN2O4/c1-15-20(5,6)27-21(26-15)16-7-9-17(10-8-16)22-11-13-23(14-12-22)18(24)25-19(2,3)4/h7-10,15H,11-14H2,1-6H3. The fourth-order valence-electron chi connectivity index (χ4n) is 3.21. The van der Waals surface area contributed by atoms with Crippen molar-refractivity contribution in [1.82, 2.24) is 4.90 Å². The molecule has 0 radical (unpaired) electrons. The third kappa shape index (κ3) is 4.77. The molecule has 1 aromatic rings. The van der Waals surface area contributed by atoms with Crippen LogP contribution < -0.4 is 10.4 Å². The first-order valence-electron chi connectivity index (χ1n) is 9.71. The first-order valence-corrected chi connectivity index (χ1v) is 9.71. The predicted octanol–water partition coefficient (Wildman–Crippen LogP) is 2.65. The van der Waals surface area contributed by atoms with E-state index in [2.05, 4.69) is 43.0 Å². The van der Waals surface area contributed by atoms with Crippen molar-refractivity contribution in [3.63, 3.8) is 0 Å². The summed E-state index contributed by atoms with van der Waals surface area (Å²) in [5.74, 6) is 0. The molecule has 0 bridgehead atoms. The Bertz CT molecular complexity index is 664. The number of hydrogen-bond acceptors (Lipinski definition) is 5. The molecule has 1 unspecified atom stereocenters. The normalized spacial score (nSPS) is 22.9. The molecule has 0 spiro atoms. The number of rotatable bonds is 2. The molecule has 0 N–H and O–H groups in total. The van der Waals surface area contributed by atoms with E-state index in [0.717, 1.165) is 24.2 Å². The average molecular weight is 374 g/mol. The molecule has 1 amide bonds. The van der Waals surface area contributed by atoms with Gasteiger partial charge < -0.3 is 23.8 Å². The van der Waals surface area contributed by atoms with Crippen molar-refractivity contribution < 1.29 is 18.8 Å². The first-order chi connectivity index (χ1) is 12.5. The summed E-state index contributed by atoms with van der Waals surface area (Å²) in [6, 6.07) is 8.32. The van der Waals surface area contributed by atoms with Gasteiger partial charge in [0, 0.05) is 31.9 Å². The topological polar surface area (TPSA) is 51.2 Å². The van der Waals surface area contributed by atoms with E-state index >= 15 is 0 Å². The zero-order chi connectivity index (χ0) is 19.8. The molecule has 2 aliphatic heterocycles. The monoisotopic (exact) mass is 374 g/mol. The lowest BCUT2D eigenvalue weighted by Gasteiger charge is -2.36. The fraction of sp³-hybridized carbons (Fsp3) is 0.650. The number of hydrogen-bond donors (Lipinski definition) is 0. The number of carbonyl (C=O) groups is 1. The summed E-state index contributed by atoms with van der Waals surface area (Å²) in [7, 11) is -0.312. The van der Waals surface area contributed by atoms with Gasteiger partial charge in [0.15, 0.2) is 0 Å². The molecule has 0 aromatic heterocycles. The number of amides is 1. The molecule has 2 saturated heterocycles. The van der Waals surface area contributed by atoms with Gasteiger partial charge in [0.25, 0.3) is 0 Å². The third-order valence-corrected chi connectivity index (χ3v) is 5.18. The highest BCUT2D eigenvalue weighted by atomic mass is 16.7. The lowest BCUT2D eigenvalue weighted by Crippen LogP contribution is -2.50. The average Bonchev–Trinajstić information content (AvgIpc) is 2.87. The molecule has 148 valence electrons. The molecule has 1 atom stereocenters. The number of ether oxygens (including phenoxy) is 1. The molecule has 0 aliphatic carbocycles. The lowest BCUT2D eigenvalue weighted by molar-refractivity contribution is 0.0240. The molecule has 2 heterocycles. The van der Waals surface area contributed by atoms with E-state index in [0.29, 0.717) is 13.1 Å². The predicted molar refractivity (Wildman–Crippen MR) is 108 cm³/mol. The molecule has 6 nitrogen and oxygen atoms in total. The van der Waals surface area contributed by atoms with E-state index in [9.17, 15) is 4.79 Å². The quantitative estimate of drug-likeness (QED) is 0.745. The Morgan fingerprint density at radius 2 is 1.74 bits per heavy atom. The Kier molecular flexibility index (Phi) is 5.46. The Hall–Kier alpha value is -1.73. The largest absolute Gasteiger partial charge is 0.494 e. The molecule has 0 saturated carbocycles. The highest BCUT2D eigenvalue weighted by Gasteiger charge is 2.43. The maximum atomic E-state index is 12.2. The van der Waals surface area contributed by atoms with Gasteiger partial charge in [-0.3, -0.25) is 0 Å². The van der Waals surface area contributed by atoms with Crippen LogP contribution in [0.15, 0.2) is 24.3 Å². The van der Waals surface area contributed by atoms with Crippen LogP contribution in [0.2, 0.25) is 0 Å². The second kappa shape index (κ2) is 7.36. The summed E-state index contributed by atoms with van der Waals surface area (Å²) in [6.45, 7) is 14.7. The first kappa shape index (κ1) is 20.0. The molecule has 7 heteroatoms. The van der Waals surface area contributed by atoms with Crippen molar-refractivity contribution >= 4 is 24.4 Å². The van der Waals surface area contributed by atoms with Gasteiger partial charge in [-0.1, -0.05) is 12.1 Å². The van der Waals surface area contributed by atoms with Crippen LogP contribution in [-0.2, 0) is 14.0 Å². The van der Waals surface area contributed by atoms with Crippen LogP contribution in [-0.4, -0.2) is 61.6 Å². The van der Waals surface area contributed by atoms with Gasteiger partial charge in [-0.25, -0.2) is 4.79 Å². The molecular formula is C20H31BN2O4. The number of benzene rings is 1. The minimum absolute atomic E-state index is 0.0584. The van der Waals surface area contributed by atoms with E-state index < -0.39 is 5.60 Å². The van der Waals surface area contributed by atoms with Crippen molar-refractivity contribution in [1.29, 1.82) is 0 Å². The van der Waals surface area contributed by atoms with Crippen molar-refractivity contribution in [2.24, 2.45) is 0 Å². The Balaban J connectivity index is 1.56. The summed E-state index contributed by atoms with van der Waals surface area (Å²) in [5.41, 5.74) is 1.44. The summed E-state index contributed by atoms with van der Waals surface area (Å²) < 4.78 is 17.4. The van der Waals surface area contributed by atoms with E-state index in [1.807, 2.05) is 27.7 Å². The van der Waals surface area contributed by atoms with Gasteiger partial charge in [-0.15, -0.1) is 0 Å². The van der Waals surface area contributed by atoms with Crippen LogP contribution in [0.4, 0.5) is 10.5 Å².